The fraction of sp³-hybridized carbons (Fsp3) is 0.0714. The van der Waals surface area contributed by atoms with Crippen LogP contribution in [0, 0.1) is 35.3 Å². The molecule has 0 atom stereocenters. The fourth-order valence-electron chi connectivity index (χ4n) is 4.11. The first kappa shape index (κ1) is 36.1. The van der Waals surface area contributed by atoms with Crippen molar-refractivity contribution in [3.05, 3.63) is 167 Å². The van der Waals surface area contributed by atoms with Crippen molar-refractivity contribution in [3.8, 4) is 40.6 Å². The molecule has 0 fully saturated rings. The number of ether oxygens (including phenoxy) is 3. The van der Waals surface area contributed by atoms with Gasteiger partial charge in [0, 0.05) is 40.0 Å². The summed E-state index contributed by atoms with van der Waals surface area (Å²) in [7, 11) is 0. The van der Waals surface area contributed by atoms with Crippen molar-refractivity contribution in [3.63, 3.8) is 0 Å². The van der Waals surface area contributed by atoms with Crippen LogP contribution in [0.2, 0.25) is 0 Å². The van der Waals surface area contributed by atoms with E-state index in [4.69, 9.17) is 14.2 Å². The number of carbonyl (C=O) groups excluding carboxylic acids is 3. The van der Waals surface area contributed by atoms with Crippen LogP contribution in [0.25, 0.3) is 17.2 Å². The predicted octanol–water partition coefficient (Wildman–Crippen LogP) is 8.23. The lowest BCUT2D eigenvalue weighted by Gasteiger charge is -2.13. The summed E-state index contributed by atoms with van der Waals surface area (Å²) in [6.45, 7) is 13.6. The van der Waals surface area contributed by atoms with E-state index < -0.39 is 29.5 Å². The molecule has 0 saturated heterocycles. The van der Waals surface area contributed by atoms with Crippen molar-refractivity contribution in [2.75, 3.05) is 0 Å². The Morgan fingerprint density at radius 1 is 0.740 bits per heavy atom. The molecule has 0 aliphatic carbocycles. The molecule has 0 amide bonds. The summed E-state index contributed by atoms with van der Waals surface area (Å²) in [5.41, 5.74) is 3.51. The highest BCUT2D eigenvalue weighted by molar-refractivity contribution is 5.88. The minimum Gasteiger partial charge on any atom is -0.457 e. The van der Waals surface area contributed by atoms with Gasteiger partial charge >= 0.3 is 17.9 Å². The van der Waals surface area contributed by atoms with Crippen LogP contribution < -0.4 is 4.74 Å². The first-order valence-corrected chi connectivity index (χ1v) is 15.0. The van der Waals surface area contributed by atoms with Crippen molar-refractivity contribution in [2.45, 2.75) is 20.5 Å². The maximum absolute atomic E-state index is 15.6. The van der Waals surface area contributed by atoms with Gasteiger partial charge in [-0.25, -0.2) is 23.2 Å². The van der Waals surface area contributed by atoms with Crippen LogP contribution in [0.15, 0.2) is 122 Å². The van der Waals surface area contributed by atoms with Crippen LogP contribution >= 0.6 is 0 Å². The molecule has 248 valence electrons. The quantitative estimate of drug-likeness (QED) is 0.0588. The number of halogens is 2. The van der Waals surface area contributed by atoms with Crippen molar-refractivity contribution < 1.29 is 37.4 Å². The second-order valence-electron chi connectivity index (χ2n) is 10.8. The van der Waals surface area contributed by atoms with Crippen LogP contribution in [0.5, 0.6) is 5.75 Å². The maximum Gasteiger partial charge on any atom is 0.337 e. The van der Waals surface area contributed by atoms with E-state index >= 15 is 8.78 Å². The van der Waals surface area contributed by atoms with Crippen molar-refractivity contribution in [1.29, 1.82) is 0 Å². The smallest absolute Gasteiger partial charge is 0.337 e. The van der Waals surface area contributed by atoms with Gasteiger partial charge in [0.1, 0.15) is 12.4 Å². The number of esters is 3. The van der Waals surface area contributed by atoms with Crippen molar-refractivity contribution in [2.24, 2.45) is 0 Å². The topological polar surface area (TPSA) is 78.9 Å². The zero-order valence-electron chi connectivity index (χ0n) is 27.3. The van der Waals surface area contributed by atoms with E-state index in [-0.39, 0.29) is 34.6 Å². The molecule has 0 aromatic heterocycles. The summed E-state index contributed by atoms with van der Waals surface area (Å²) in [6.07, 6.45) is 3.83. The van der Waals surface area contributed by atoms with E-state index in [9.17, 15) is 14.4 Å². The van der Waals surface area contributed by atoms with Gasteiger partial charge in [0.15, 0.2) is 11.6 Å². The summed E-state index contributed by atoms with van der Waals surface area (Å²) in [5.74, 6) is 6.82. The largest absolute Gasteiger partial charge is 0.457 e. The van der Waals surface area contributed by atoms with Crippen LogP contribution in [0.4, 0.5) is 8.78 Å². The summed E-state index contributed by atoms with van der Waals surface area (Å²) >= 11 is 0. The SMILES string of the molecule is C=CC(=O)Oc1cc(C#Cc2ccc(COC(=O)C(=C)C)cc2)c(F)c(F)c1-c1ccc(C#Cc2ccc(C=COC(=O)C(=C)C)cc2)cc1. The lowest BCUT2D eigenvalue weighted by atomic mass is 9.99. The molecule has 0 radical (unpaired) electrons. The highest BCUT2D eigenvalue weighted by Crippen LogP contribution is 2.36. The minimum atomic E-state index is -1.25. The zero-order valence-corrected chi connectivity index (χ0v) is 27.3. The highest BCUT2D eigenvalue weighted by atomic mass is 19.2. The monoisotopic (exact) mass is 668 g/mol. The predicted molar refractivity (Wildman–Crippen MR) is 187 cm³/mol. The molecule has 0 aliphatic heterocycles. The van der Waals surface area contributed by atoms with Crippen molar-refractivity contribution in [1.82, 2.24) is 0 Å². The molecule has 0 bridgehead atoms. The molecule has 0 N–H and O–H groups in total. The molecule has 6 nitrogen and oxygen atoms in total. The van der Waals surface area contributed by atoms with E-state index in [1.54, 1.807) is 80.6 Å². The number of hydrogen-bond donors (Lipinski definition) is 0. The number of rotatable bonds is 9. The zero-order chi connectivity index (χ0) is 36.2. The van der Waals surface area contributed by atoms with Gasteiger partial charge in [-0.15, -0.1) is 0 Å². The minimum absolute atomic E-state index is 0.0388. The van der Waals surface area contributed by atoms with E-state index in [1.165, 1.54) is 18.4 Å². The summed E-state index contributed by atoms with van der Waals surface area (Å²) in [5, 5.41) is 0. The molecule has 0 spiro atoms. The molecule has 0 saturated carbocycles. The summed E-state index contributed by atoms with van der Waals surface area (Å²) < 4.78 is 46.4. The fourth-order valence-corrected chi connectivity index (χ4v) is 4.11. The first-order chi connectivity index (χ1) is 23.9. The van der Waals surface area contributed by atoms with E-state index in [0.717, 1.165) is 17.7 Å². The molecule has 8 heteroatoms. The van der Waals surface area contributed by atoms with E-state index in [1.807, 2.05) is 0 Å². The molecular weight excluding hydrogens is 638 g/mol. The Labute approximate surface area is 289 Å². The Morgan fingerprint density at radius 3 is 1.84 bits per heavy atom. The molecular formula is C42H30F2O6. The van der Waals surface area contributed by atoms with E-state index in [0.29, 0.717) is 27.8 Å². The number of hydrogen-bond acceptors (Lipinski definition) is 6. The van der Waals surface area contributed by atoms with Crippen LogP contribution in [-0.4, -0.2) is 17.9 Å². The Morgan fingerprint density at radius 2 is 1.28 bits per heavy atom. The maximum atomic E-state index is 15.6. The Hall–Kier alpha value is -6.77. The lowest BCUT2D eigenvalue weighted by molar-refractivity contribution is -0.140. The standard InChI is InChI=1S/C42H30F2O6/c1-6-37(45)50-36-25-35(22-19-30-13-15-33(16-14-30)26-49-42(47)28(4)5)39(43)40(44)38(36)34-20-17-31(18-21-34)8-7-29-9-11-32(12-10-29)23-24-48-41(46)27(2)3/h6,9-18,20-21,23-25H,1-2,4,26H2,3,5H3. The van der Waals surface area contributed by atoms with Crippen LogP contribution in [-0.2, 0) is 30.5 Å². The van der Waals surface area contributed by atoms with Crippen LogP contribution in [0.3, 0.4) is 0 Å². The first-order valence-electron chi connectivity index (χ1n) is 15.0. The average molecular weight is 669 g/mol. The highest BCUT2D eigenvalue weighted by Gasteiger charge is 2.22. The molecule has 4 rings (SSSR count). The van der Waals surface area contributed by atoms with Gasteiger partial charge < -0.3 is 14.2 Å². The molecule has 4 aromatic rings. The van der Waals surface area contributed by atoms with Gasteiger partial charge in [0.05, 0.1) is 17.4 Å². The van der Waals surface area contributed by atoms with Gasteiger partial charge in [-0.3, -0.25) is 0 Å². The van der Waals surface area contributed by atoms with Crippen LogP contribution in [0.1, 0.15) is 47.2 Å². The lowest BCUT2D eigenvalue weighted by Crippen LogP contribution is -2.07. The second kappa shape index (κ2) is 16.9. The Bertz CT molecular complexity index is 2140. The molecule has 50 heavy (non-hydrogen) atoms. The second-order valence-corrected chi connectivity index (χ2v) is 10.8. The normalized spacial score (nSPS) is 10.2. The van der Waals surface area contributed by atoms with Gasteiger partial charge in [-0.1, -0.05) is 79.8 Å². The molecule has 0 heterocycles. The molecule has 0 aliphatic rings. The summed E-state index contributed by atoms with van der Waals surface area (Å²) in [4.78, 5) is 35.2. The third-order valence-corrected chi connectivity index (χ3v) is 6.78. The molecule has 0 unspecified atom stereocenters. The van der Waals surface area contributed by atoms with Gasteiger partial charge in [-0.2, -0.15) is 0 Å². The van der Waals surface area contributed by atoms with E-state index in [2.05, 4.69) is 43.4 Å². The van der Waals surface area contributed by atoms with Gasteiger partial charge in [-0.05, 0) is 73.0 Å². The number of carbonyl (C=O) groups is 3. The third-order valence-electron chi connectivity index (χ3n) is 6.78. The van der Waals surface area contributed by atoms with Gasteiger partial charge in [0.25, 0.3) is 0 Å². The third kappa shape index (κ3) is 9.87. The summed E-state index contributed by atoms with van der Waals surface area (Å²) in [6, 6.07) is 21.3. The van der Waals surface area contributed by atoms with Crippen molar-refractivity contribution >= 4 is 24.0 Å². The van der Waals surface area contributed by atoms with Gasteiger partial charge in [0.2, 0.25) is 0 Å². The Balaban J connectivity index is 1.54. The molecule has 4 aromatic carbocycles. The number of benzene rings is 4. The Kier molecular flexibility index (Phi) is 12.2. The average Bonchev–Trinajstić information content (AvgIpc) is 3.11.